The lowest BCUT2D eigenvalue weighted by atomic mass is 10.1. The fraction of sp³-hybridized carbons (Fsp3) is 0.250. The van der Waals surface area contributed by atoms with E-state index < -0.39 is 115 Å². The van der Waals surface area contributed by atoms with Gasteiger partial charge < -0.3 is 29.1 Å². The summed E-state index contributed by atoms with van der Waals surface area (Å²) >= 11 is 0. The second-order valence-electron chi connectivity index (χ2n) is 7.31. The lowest BCUT2D eigenvalue weighted by Gasteiger charge is -2.23. The van der Waals surface area contributed by atoms with Crippen LogP contribution in [0, 0.1) is 46.5 Å². The summed E-state index contributed by atoms with van der Waals surface area (Å²) in [4.78, 5) is 30.4. The molecule has 1 aliphatic rings. The average Bonchev–Trinajstić information content (AvgIpc) is 3.14. The molecule has 0 aromatic heterocycles. The molecule has 0 amide bonds. The molecule has 0 saturated heterocycles. The van der Waals surface area contributed by atoms with E-state index in [-0.39, 0.29) is 12.1 Å². The average molecular weight is 580 g/mol. The zero-order valence-electron chi connectivity index (χ0n) is 18.2. The summed E-state index contributed by atoms with van der Waals surface area (Å²) in [5, 5.41) is 9.45. The van der Waals surface area contributed by atoms with Gasteiger partial charge in [0.25, 0.3) is 0 Å². The molecule has 0 bridgehead atoms. The smallest absolute Gasteiger partial charge is 0.470 e. The van der Waals surface area contributed by atoms with Crippen LogP contribution in [0.5, 0.6) is 0 Å². The number of benzene rings is 2. The normalized spacial score (nSPS) is 16.6. The molecule has 9 nitrogen and oxygen atoms in total. The maximum Gasteiger partial charge on any atom is 0.470 e. The van der Waals surface area contributed by atoms with E-state index in [0.717, 1.165) is 0 Å². The zero-order valence-corrected chi connectivity index (χ0v) is 19.1. The summed E-state index contributed by atoms with van der Waals surface area (Å²) < 4.78 is 140. The van der Waals surface area contributed by atoms with E-state index in [1.165, 1.54) is 0 Å². The second kappa shape index (κ2) is 11.2. The molecule has 208 valence electrons. The second-order valence-corrected chi connectivity index (χ2v) is 8.50. The number of halogens is 8. The van der Waals surface area contributed by atoms with Crippen molar-refractivity contribution < 1.29 is 78.1 Å². The topological polar surface area (TPSA) is 132 Å². The third-order valence-electron chi connectivity index (χ3n) is 4.83. The first kappa shape index (κ1) is 29.3. The molecule has 3 rings (SSSR count). The van der Waals surface area contributed by atoms with E-state index >= 15 is 0 Å². The van der Waals surface area contributed by atoms with Crippen LogP contribution < -0.4 is 0 Å². The van der Waals surface area contributed by atoms with Crippen LogP contribution in [0.4, 0.5) is 35.1 Å². The summed E-state index contributed by atoms with van der Waals surface area (Å²) in [6.07, 6.45) is -4.35. The van der Waals surface area contributed by atoms with Gasteiger partial charge in [0.05, 0.1) is 17.7 Å². The van der Waals surface area contributed by atoms with Gasteiger partial charge in [-0.15, -0.1) is 0 Å². The number of hydrogen-bond donors (Lipinski definition) is 3. The number of rotatable bonds is 10. The van der Waals surface area contributed by atoms with Gasteiger partial charge >= 0.3 is 13.8 Å². The Balaban J connectivity index is 2.03. The zero-order chi connectivity index (χ0) is 28.5. The number of carbonyl (C=O) groups is 1. The summed E-state index contributed by atoms with van der Waals surface area (Å²) in [7, 11) is -5.42. The fourth-order valence-corrected chi connectivity index (χ4v) is 3.66. The highest BCUT2D eigenvalue weighted by molar-refractivity contribution is 7.46. The Morgan fingerprint density at radius 2 is 1.24 bits per heavy atom. The Hall–Kier alpha value is -3.24. The van der Waals surface area contributed by atoms with E-state index in [2.05, 4.69) is 4.52 Å². The number of phosphoric acid groups is 1. The summed E-state index contributed by atoms with van der Waals surface area (Å²) in [6, 6.07) is -0.266. The molecular weight excluding hydrogens is 567 g/mol. The molecule has 0 radical (unpaired) electrons. The lowest BCUT2D eigenvalue weighted by molar-refractivity contribution is -0.148. The van der Waals surface area contributed by atoms with Crippen LogP contribution in [-0.2, 0) is 41.3 Å². The van der Waals surface area contributed by atoms with Crippen LogP contribution >= 0.6 is 7.82 Å². The first-order valence-corrected chi connectivity index (χ1v) is 11.4. The predicted molar refractivity (Wildman–Crippen MR) is 103 cm³/mol. The summed E-state index contributed by atoms with van der Waals surface area (Å²) in [6.45, 7) is -4.22. The quantitative estimate of drug-likeness (QED) is 0.168. The molecule has 0 saturated carbocycles. The minimum atomic E-state index is -5.42. The van der Waals surface area contributed by atoms with E-state index in [4.69, 9.17) is 24.0 Å². The highest BCUT2D eigenvalue weighted by Crippen LogP contribution is 2.41. The van der Waals surface area contributed by atoms with Crippen LogP contribution in [0.3, 0.4) is 0 Å². The van der Waals surface area contributed by atoms with Crippen LogP contribution in [0.15, 0.2) is 23.7 Å². The molecule has 18 heteroatoms. The number of ether oxygens (including phenoxy) is 3. The Labute approximate surface area is 206 Å². The monoisotopic (exact) mass is 580 g/mol. The number of cyclic esters (lactones) is 1. The van der Waals surface area contributed by atoms with Crippen molar-refractivity contribution in [3.05, 3.63) is 81.3 Å². The van der Waals surface area contributed by atoms with Gasteiger partial charge in [-0.25, -0.2) is 44.5 Å². The molecule has 0 aliphatic carbocycles. The van der Waals surface area contributed by atoms with Crippen LogP contribution in [0.25, 0.3) is 0 Å². The fourth-order valence-electron chi connectivity index (χ4n) is 3.13. The van der Waals surface area contributed by atoms with Gasteiger partial charge in [0, 0.05) is 12.1 Å². The van der Waals surface area contributed by atoms with Crippen molar-refractivity contribution in [2.75, 3.05) is 6.61 Å². The molecule has 2 atom stereocenters. The van der Waals surface area contributed by atoms with Crippen molar-refractivity contribution in [1.29, 1.82) is 0 Å². The molecule has 2 aromatic carbocycles. The molecule has 38 heavy (non-hydrogen) atoms. The Morgan fingerprint density at radius 3 is 1.63 bits per heavy atom. The van der Waals surface area contributed by atoms with E-state index in [9.17, 15) is 49.6 Å². The number of aliphatic hydroxyl groups is 1. The minimum absolute atomic E-state index is 0.131. The van der Waals surface area contributed by atoms with Crippen molar-refractivity contribution in [2.24, 2.45) is 0 Å². The highest BCUT2D eigenvalue weighted by atomic mass is 31.2. The van der Waals surface area contributed by atoms with Crippen molar-refractivity contribution in [2.45, 2.75) is 25.4 Å². The molecule has 3 N–H and O–H groups in total. The third kappa shape index (κ3) is 6.07. The largest absolute Gasteiger partial charge is 0.485 e. The van der Waals surface area contributed by atoms with E-state index in [1.54, 1.807) is 0 Å². The Bertz CT molecular complexity index is 1290. The van der Waals surface area contributed by atoms with Gasteiger partial charge in [-0.05, 0) is 0 Å². The number of esters is 1. The van der Waals surface area contributed by atoms with E-state index in [1.807, 2.05) is 0 Å². The molecule has 0 unspecified atom stereocenters. The van der Waals surface area contributed by atoms with Gasteiger partial charge in [0.15, 0.2) is 58.4 Å². The Morgan fingerprint density at radius 1 is 0.816 bits per heavy atom. The number of carbonyl (C=O) groups excluding carboxylic acids is 1. The summed E-state index contributed by atoms with van der Waals surface area (Å²) in [5.74, 6) is -19.2. The summed E-state index contributed by atoms with van der Waals surface area (Å²) in [5.41, 5.74) is -2.78. The van der Waals surface area contributed by atoms with Crippen LogP contribution in [-0.4, -0.2) is 39.7 Å². The maximum absolute atomic E-state index is 14.0. The molecular formula is C20H13F8O9P. The van der Waals surface area contributed by atoms with Crippen molar-refractivity contribution in [3.63, 3.8) is 0 Å². The third-order valence-corrected chi connectivity index (χ3v) is 5.38. The molecule has 1 heterocycles. The number of phosphoric ester groups is 1. The number of hydrogen-bond acceptors (Lipinski definition) is 7. The van der Waals surface area contributed by atoms with Gasteiger partial charge in [-0.1, -0.05) is 0 Å². The van der Waals surface area contributed by atoms with Gasteiger partial charge in [0.2, 0.25) is 5.76 Å². The number of aliphatic hydroxyl groups excluding tert-OH is 1. The van der Waals surface area contributed by atoms with Gasteiger partial charge in [-0.3, -0.25) is 4.52 Å². The molecule has 2 aromatic rings. The first-order chi connectivity index (χ1) is 17.7. The van der Waals surface area contributed by atoms with Crippen LogP contribution in [0.2, 0.25) is 0 Å². The Kier molecular flexibility index (Phi) is 8.68. The maximum atomic E-state index is 14.0. The highest BCUT2D eigenvalue weighted by Gasteiger charge is 2.45. The molecule has 0 fully saturated rings. The van der Waals surface area contributed by atoms with Crippen molar-refractivity contribution in [1.82, 2.24) is 0 Å². The van der Waals surface area contributed by atoms with Gasteiger partial charge in [0.1, 0.15) is 19.3 Å². The molecule has 1 aliphatic heterocycles. The van der Waals surface area contributed by atoms with Crippen molar-refractivity contribution in [3.8, 4) is 0 Å². The standard InChI is InChI=1S/C20H13F8O9P/c21-8-1-9(22)14(26)6(13(8)25)4-34-18-17(12(3-29)37-38(31,32)33)36-20(30)19(18)35-5-7-15(27)10(23)2-11(24)16(7)28/h1-2,12,17,29H,3-5H2,(H2,31,32,33)/t12-,17+/m0/s1. The molecule has 0 spiro atoms. The lowest BCUT2D eigenvalue weighted by Crippen LogP contribution is -2.34. The first-order valence-electron chi connectivity index (χ1n) is 9.85. The van der Waals surface area contributed by atoms with E-state index in [0.29, 0.717) is 0 Å². The minimum Gasteiger partial charge on any atom is -0.485 e. The van der Waals surface area contributed by atoms with Crippen molar-refractivity contribution >= 4 is 13.8 Å². The van der Waals surface area contributed by atoms with Crippen LogP contribution in [0.1, 0.15) is 11.1 Å². The van der Waals surface area contributed by atoms with Gasteiger partial charge in [-0.2, -0.15) is 0 Å². The SMILES string of the molecule is O=C1O[C@H]([C@H](CO)OP(=O)(O)O)C(OCc2c(F)c(F)cc(F)c2F)=C1OCc1c(F)c(F)cc(F)c1F. The predicted octanol–water partition coefficient (Wildman–Crippen LogP) is 3.14.